The molecule has 0 saturated heterocycles. The third-order valence-corrected chi connectivity index (χ3v) is 3.21. The van der Waals surface area contributed by atoms with Gasteiger partial charge in [-0.15, -0.1) is 0 Å². The lowest BCUT2D eigenvalue weighted by Gasteiger charge is -2.11. The van der Waals surface area contributed by atoms with Crippen LogP contribution in [-0.2, 0) is 0 Å². The molecule has 2 rings (SSSR count). The van der Waals surface area contributed by atoms with E-state index in [1.165, 1.54) is 5.56 Å². The quantitative estimate of drug-likeness (QED) is 0.930. The van der Waals surface area contributed by atoms with Crippen LogP contribution < -0.4 is 5.32 Å². The molecule has 0 aliphatic heterocycles. The van der Waals surface area contributed by atoms with Gasteiger partial charge in [-0.05, 0) is 47.0 Å². The largest absolute Gasteiger partial charge is 0.355 e. The highest BCUT2D eigenvalue weighted by molar-refractivity contribution is 9.10. The summed E-state index contributed by atoms with van der Waals surface area (Å²) in [7, 11) is 0. The molecule has 1 N–H and O–H groups in total. The van der Waals surface area contributed by atoms with E-state index in [1.807, 2.05) is 12.4 Å². The number of benzene rings is 1. The van der Waals surface area contributed by atoms with Crippen LogP contribution in [0.25, 0.3) is 5.69 Å². The van der Waals surface area contributed by atoms with E-state index in [1.54, 1.807) is 0 Å². The first-order chi connectivity index (χ1) is 8.22. The van der Waals surface area contributed by atoms with Crippen molar-refractivity contribution < 1.29 is 0 Å². The van der Waals surface area contributed by atoms with Crippen molar-refractivity contribution in [2.24, 2.45) is 0 Å². The summed E-state index contributed by atoms with van der Waals surface area (Å²) in [6.45, 7) is 5.16. The van der Waals surface area contributed by atoms with Gasteiger partial charge >= 0.3 is 0 Å². The monoisotopic (exact) mass is 293 g/mol. The van der Waals surface area contributed by atoms with Crippen LogP contribution >= 0.6 is 15.9 Å². The second kappa shape index (κ2) is 5.36. The lowest BCUT2D eigenvalue weighted by Crippen LogP contribution is -2.07. The van der Waals surface area contributed by atoms with Gasteiger partial charge in [-0.3, -0.25) is 4.57 Å². The maximum atomic E-state index is 4.33. The molecule has 0 unspecified atom stereocenters. The fourth-order valence-electron chi connectivity index (χ4n) is 1.67. The zero-order chi connectivity index (χ0) is 12.3. The topological polar surface area (TPSA) is 29.9 Å². The maximum Gasteiger partial charge on any atom is 0.207 e. The first-order valence-corrected chi connectivity index (χ1v) is 6.55. The van der Waals surface area contributed by atoms with Crippen LogP contribution in [0.1, 0.15) is 18.9 Å². The number of rotatable bonds is 4. The molecule has 0 bridgehead atoms. The van der Waals surface area contributed by atoms with Crippen molar-refractivity contribution in [3.63, 3.8) is 0 Å². The number of halogens is 1. The number of nitrogens with zero attached hydrogens (tertiary/aromatic N) is 2. The van der Waals surface area contributed by atoms with E-state index in [4.69, 9.17) is 0 Å². The number of nitrogens with one attached hydrogen (secondary N) is 1. The summed E-state index contributed by atoms with van der Waals surface area (Å²) in [6, 6.07) is 6.29. The minimum atomic E-state index is 0.887. The Balaban J connectivity index is 2.38. The van der Waals surface area contributed by atoms with Gasteiger partial charge in [0.15, 0.2) is 0 Å². The summed E-state index contributed by atoms with van der Waals surface area (Å²) < 4.78 is 3.13. The van der Waals surface area contributed by atoms with Gasteiger partial charge in [0, 0.05) is 23.4 Å². The third-order valence-electron chi connectivity index (χ3n) is 2.54. The molecule has 1 aromatic carbocycles. The van der Waals surface area contributed by atoms with Crippen molar-refractivity contribution >= 4 is 21.9 Å². The van der Waals surface area contributed by atoms with Crippen molar-refractivity contribution in [3.8, 4) is 5.69 Å². The molecule has 1 heterocycles. The zero-order valence-corrected chi connectivity index (χ0v) is 11.7. The fourth-order valence-corrected chi connectivity index (χ4v) is 2.11. The molecule has 0 aliphatic rings. The van der Waals surface area contributed by atoms with Gasteiger partial charge in [0.1, 0.15) is 0 Å². The van der Waals surface area contributed by atoms with E-state index in [0.29, 0.717) is 0 Å². The van der Waals surface area contributed by atoms with Crippen molar-refractivity contribution in [3.05, 3.63) is 40.6 Å². The number of hydrogen-bond donors (Lipinski definition) is 1. The first-order valence-electron chi connectivity index (χ1n) is 5.76. The van der Waals surface area contributed by atoms with E-state index >= 15 is 0 Å². The van der Waals surface area contributed by atoms with E-state index in [-0.39, 0.29) is 0 Å². The molecule has 1 aromatic heterocycles. The smallest absolute Gasteiger partial charge is 0.207 e. The molecular formula is C13H16BrN3. The Bertz CT molecular complexity index is 505. The normalized spacial score (nSPS) is 10.5. The Morgan fingerprint density at radius 2 is 2.24 bits per heavy atom. The average molecular weight is 294 g/mol. The average Bonchev–Trinajstić information content (AvgIpc) is 2.77. The number of hydrogen-bond acceptors (Lipinski definition) is 2. The Kier molecular flexibility index (Phi) is 3.84. The molecule has 0 spiro atoms. The summed E-state index contributed by atoms with van der Waals surface area (Å²) in [5, 5.41) is 3.32. The highest BCUT2D eigenvalue weighted by Gasteiger charge is 2.07. The number of aromatic nitrogens is 2. The first kappa shape index (κ1) is 12.2. The van der Waals surface area contributed by atoms with Crippen molar-refractivity contribution in [2.75, 3.05) is 11.9 Å². The Morgan fingerprint density at radius 1 is 1.41 bits per heavy atom. The SMILES string of the molecule is CCCNc1nccn1-c1cc(C)ccc1Br. The number of anilines is 1. The Morgan fingerprint density at radius 3 is 3.00 bits per heavy atom. The van der Waals surface area contributed by atoms with Crippen molar-refractivity contribution in [1.29, 1.82) is 0 Å². The molecule has 3 nitrogen and oxygen atoms in total. The van der Waals surface area contributed by atoms with Gasteiger partial charge in [-0.1, -0.05) is 13.0 Å². The van der Waals surface area contributed by atoms with Gasteiger partial charge < -0.3 is 5.32 Å². The highest BCUT2D eigenvalue weighted by Crippen LogP contribution is 2.24. The summed E-state index contributed by atoms with van der Waals surface area (Å²) in [4.78, 5) is 4.33. The second-order valence-electron chi connectivity index (χ2n) is 4.00. The maximum absolute atomic E-state index is 4.33. The van der Waals surface area contributed by atoms with Crippen LogP contribution in [0, 0.1) is 6.92 Å². The molecule has 0 atom stereocenters. The number of aryl methyl sites for hydroxylation is 1. The van der Waals surface area contributed by atoms with E-state index in [2.05, 4.69) is 62.8 Å². The van der Waals surface area contributed by atoms with Crippen LogP contribution in [0.5, 0.6) is 0 Å². The fraction of sp³-hybridized carbons (Fsp3) is 0.308. The number of imidazole rings is 1. The standard InChI is InChI=1S/C13H16BrN3/c1-3-6-15-13-16-7-8-17(13)12-9-10(2)4-5-11(12)14/h4-5,7-9H,3,6H2,1-2H3,(H,15,16). The summed E-state index contributed by atoms with van der Waals surface area (Å²) >= 11 is 3.58. The predicted molar refractivity (Wildman–Crippen MR) is 74.8 cm³/mol. The molecule has 0 radical (unpaired) electrons. The molecule has 0 amide bonds. The molecule has 17 heavy (non-hydrogen) atoms. The molecule has 0 fully saturated rings. The van der Waals surface area contributed by atoms with Gasteiger partial charge in [-0.25, -0.2) is 4.98 Å². The Labute approximate surface area is 110 Å². The lowest BCUT2D eigenvalue weighted by atomic mass is 10.2. The van der Waals surface area contributed by atoms with Gasteiger partial charge in [0.05, 0.1) is 5.69 Å². The van der Waals surface area contributed by atoms with Crippen LogP contribution in [0.4, 0.5) is 5.95 Å². The van der Waals surface area contributed by atoms with Crippen LogP contribution in [0.15, 0.2) is 35.1 Å². The van der Waals surface area contributed by atoms with Crippen molar-refractivity contribution in [2.45, 2.75) is 20.3 Å². The molecule has 4 heteroatoms. The van der Waals surface area contributed by atoms with E-state index < -0.39 is 0 Å². The summed E-state index contributed by atoms with van der Waals surface area (Å²) in [5.41, 5.74) is 2.35. The molecular weight excluding hydrogens is 278 g/mol. The minimum absolute atomic E-state index is 0.887. The van der Waals surface area contributed by atoms with Gasteiger partial charge in [-0.2, -0.15) is 0 Å². The predicted octanol–water partition coefficient (Wildman–Crippen LogP) is 3.77. The second-order valence-corrected chi connectivity index (χ2v) is 4.86. The Hall–Kier alpha value is -1.29. The third kappa shape index (κ3) is 2.69. The molecule has 2 aromatic rings. The highest BCUT2D eigenvalue weighted by atomic mass is 79.9. The molecule has 0 saturated carbocycles. The summed E-state index contributed by atoms with van der Waals surface area (Å²) in [6.07, 6.45) is 4.87. The zero-order valence-electron chi connectivity index (χ0n) is 10.1. The molecule has 90 valence electrons. The van der Waals surface area contributed by atoms with Crippen molar-refractivity contribution in [1.82, 2.24) is 9.55 Å². The molecule has 0 aliphatic carbocycles. The van der Waals surface area contributed by atoms with Crippen LogP contribution in [-0.4, -0.2) is 16.1 Å². The van der Waals surface area contributed by atoms with Gasteiger partial charge in [0.25, 0.3) is 0 Å². The minimum Gasteiger partial charge on any atom is -0.355 e. The van der Waals surface area contributed by atoms with Crippen LogP contribution in [0.3, 0.4) is 0 Å². The van der Waals surface area contributed by atoms with E-state index in [9.17, 15) is 0 Å². The lowest BCUT2D eigenvalue weighted by molar-refractivity contribution is 0.935. The summed E-state index contributed by atoms with van der Waals surface area (Å²) in [5.74, 6) is 0.887. The van der Waals surface area contributed by atoms with Gasteiger partial charge in [0.2, 0.25) is 5.95 Å². The van der Waals surface area contributed by atoms with Crippen LogP contribution in [0.2, 0.25) is 0 Å². The van der Waals surface area contributed by atoms with E-state index in [0.717, 1.165) is 29.1 Å².